The molecule has 3 aromatic carbocycles. The van der Waals surface area contributed by atoms with Gasteiger partial charge in [-0.15, -0.1) is 0 Å². The molecule has 0 radical (unpaired) electrons. The van der Waals surface area contributed by atoms with Crippen LogP contribution in [0.5, 0.6) is 5.75 Å². The zero-order chi connectivity index (χ0) is 23.7. The molecule has 0 aromatic heterocycles. The molecular formula is C28H30FN3O2. The third-order valence-corrected chi connectivity index (χ3v) is 7.02. The van der Waals surface area contributed by atoms with Gasteiger partial charge in [0.2, 0.25) is 5.91 Å². The van der Waals surface area contributed by atoms with Crippen LogP contribution in [0.25, 0.3) is 0 Å². The number of carbonyl (C=O) groups is 1. The van der Waals surface area contributed by atoms with E-state index in [1.54, 1.807) is 13.2 Å². The van der Waals surface area contributed by atoms with Crippen LogP contribution in [0, 0.1) is 18.7 Å². The number of nitrogens with zero attached hydrogens (tertiary/aromatic N) is 2. The van der Waals surface area contributed by atoms with E-state index in [1.807, 2.05) is 12.1 Å². The number of nitrogens with one attached hydrogen (secondary N) is 1. The van der Waals surface area contributed by atoms with Gasteiger partial charge in [0, 0.05) is 43.6 Å². The molecule has 0 bridgehead atoms. The monoisotopic (exact) mass is 459 g/mol. The van der Waals surface area contributed by atoms with Crippen LogP contribution in [0.4, 0.5) is 15.8 Å². The highest BCUT2D eigenvalue weighted by atomic mass is 19.1. The Morgan fingerprint density at radius 1 is 1.09 bits per heavy atom. The lowest BCUT2D eigenvalue weighted by Gasteiger charge is -2.49. The molecule has 2 aliphatic heterocycles. The number of amides is 1. The van der Waals surface area contributed by atoms with E-state index in [-0.39, 0.29) is 23.7 Å². The first kappa shape index (κ1) is 22.3. The predicted octanol–water partition coefficient (Wildman–Crippen LogP) is 4.33. The van der Waals surface area contributed by atoms with E-state index in [1.165, 1.54) is 23.4 Å². The van der Waals surface area contributed by atoms with Crippen molar-refractivity contribution in [2.24, 2.45) is 5.92 Å². The number of aryl methyl sites for hydroxylation is 1. The Balaban J connectivity index is 1.41. The maximum Gasteiger partial charge on any atom is 0.225 e. The van der Waals surface area contributed by atoms with Crippen molar-refractivity contribution < 1.29 is 13.9 Å². The fourth-order valence-electron chi connectivity index (χ4n) is 5.16. The number of hydrogen-bond acceptors (Lipinski definition) is 4. The van der Waals surface area contributed by atoms with Crippen LogP contribution in [0.3, 0.4) is 0 Å². The van der Waals surface area contributed by atoms with Gasteiger partial charge in [-0.3, -0.25) is 4.79 Å². The maximum atomic E-state index is 13.6. The molecule has 34 heavy (non-hydrogen) atoms. The number of ether oxygens (including phenoxy) is 1. The topological polar surface area (TPSA) is 44.8 Å². The number of fused-ring (bicyclic) bond motifs is 3. The van der Waals surface area contributed by atoms with Crippen molar-refractivity contribution in [1.29, 1.82) is 0 Å². The highest BCUT2D eigenvalue weighted by Gasteiger charge is 2.41. The number of halogens is 1. The molecule has 2 atom stereocenters. The van der Waals surface area contributed by atoms with Crippen molar-refractivity contribution in [2.75, 3.05) is 36.5 Å². The standard InChI is InChI=1S/C28H30FN3O2/c1-19-6-9-23(10-7-19)31-12-13-32-26-16-24(34-2)11-8-21(26)15-25(27(32)18-31)28(33)30-17-20-4-3-5-22(29)14-20/h3-11,14,16,25,27H,12-13,15,17-18H2,1-2H3,(H,30,33). The molecule has 1 saturated heterocycles. The van der Waals surface area contributed by atoms with Gasteiger partial charge in [-0.1, -0.05) is 35.9 Å². The molecule has 1 amide bonds. The van der Waals surface area contributed by atoms with Gasteiger partial charge >= 0.3 is 0 Å². The summed E-state index contributed by atoms with van der Waals surface area (Å²) in [6.45, 7) is 4.88. The van der Waals surface area contributed by atoms with Gasteiger partial charge in [-0.05, 0) is 54.8 Å². The second-order valence-electron chi connectivity index (χ2n) is 9.20. The largest absolute Gasteiger partial charge is 0.497 e. The maximum absolute atomic E-state index is 13.6. The van der Waals surface area contributed by atoms with E-state index >= 15 is 0 Å². The molecule has 0 saturated carbocycles. The third-order valence-electron chi connectivity index (χ3n) is 7.02. The number of carbonyl (C=O) groups excluding carboxylic acids is 1. The van der Waals surface area contributed by atoms with Crippen LogP contribution in [-0.4, -0.2) is 38.7 Å². The Kier molecular flexibility index (Phi) is 6.14. The number of rotatable bonds is 5. The van der Waals surface area contributed by atoms with Crippen molar-refractivity contribution in [2.45, 2.75) is 25.9 Å². The summed E-state index contributed by atoms with van der Waals surface area (Å²) in [4.78, 5) is 18.2. The minimum absolute atomic E-state index is 0.00601. The van der Waals surface area contributed by atoms with Gasteiger partial charge in [0.1, 0.15) is 11.6 Å². The Hall–Kier alpha value is -3.54. The molecule has 5 rings (SSSR count). The van der Waals surface area contributed by atoms with Gasteiger partial charge in [0.25, 0.3) is 0 Å². The second kappa shape index (κ2) is 9.37. The van der Waals surface area contributed by atoms with E-state index in [2.05, 4.69) is 58.4 Å². The number of anilines is 2. The van der Waals surface area contributed by atoms with Crippen LogP contribution in [0.15, 0.2) is 66.7 Å². The summed E-state index contributed by atoms with van der Waals surface area (Å²) in [5.41, 5.74) is 5.49. The van der Waals surface area contributed by atoms with Crippen molar-refractivity contribution in [3.8, 4) is 5.75 Å². The average Bonchev–Trinajstić information content (AvgIpc) is 2.86. The molecule has 3 aromatic rings. The van der Waals surface area contributed by atoms with Crippen molar-refractivity contribution >= 4 is 17.3 Å². The minimum Gasteiger partial charge on any atom is -0.497 e. The molecule has 1 fully saturated rings. The molecule has 176 valence electrons. The van der Waals surface area contributed by atoms with Gasteiger partial charge < -0.3 is 19.9 Å². The Morgan fingerprint density at radius 3 is 2.68 bits per heavy atom. The molecule has 6 heteroatoms. The van der Waals surface area contributed by atoms with Gasteiger partial charge in [-0.2, -0.15) is 0 Å². The smallest absolute Gasteiger partial charge is 0.225 e. The molecule has 5 nitrogen and oxygen atoms in total. The van der Waals surface area contributed by atoms with Crippen LogP contribution in [-0.2, 0) is 17.8 Å². The minimum atomic E-state index is -0.292. The first-order valence-electron chi connectivity index (χ1n) is 11.8. The summed E-state index contributed by atoms with van der Waals surface area (Å²) >= 11 is 0. The number of benzene rings is 3. The lowest BCUT2D eigenvalue weighted by molar-refractivity contribution is -0.126. The highest BCUT2D eigenvalue weighted by Crippen LogP contribution is 2.39. The fourth-order valence-corrected chi connectivity index (χ4v) is 5.16. The zero-order valence-electron chi connectivity index (χ0n) is 19.6. The van der Waals surface area contributed by atoms with E-state index in [0.29, 0.717) is 13.0 Å². The SMILES string of the molecule is COc1ccc2c(c1)N1CCN(c3ccc(C)cc3)CC1C(C(=O)NCc1cccc(F)c1)C2. The lowest BCUT2D eigenvalue weighted by atomic mass is 9.83. The summed E-state index contributed by atoms with van der Waals surface area (Å²) < 4.78 is 19.1. The van der Waals surface area contributed by atoms with Crippen molar-refractivity contribution in [3.05, 3.63) is 89.2 Å². The predicted molar refractivity (Wildman–Crippen MR) is 133 cm³/mol. The number of methoxy groups -OCH3 is 1. The van der Waals surface area contributed by atoms with E-state index in [0.717, 1.165) is 42.2 Å². The average molecular weight is 460 g/mol. The first-order chi connectivity index (χ1) is 16.5. The van der Waals surface area contributed by atoms with E-state index in [4.69, 9.17) is 4.74 Å². The highest BCUT2D eigenvalue weighted by molar-refractivity contribution is 5.82. The van der Waals surface area contributed by atoms with Gasteiger partial charge in [-0.25, -0.2) is 4.39 Å². The number of hydrogen-bond donors (Lipinski definition) is 1. The summed E-state index contributed by atoms with van der Waals surface area (Å²) in [5, 5.41) is 3.07. The molecule has 2 heterocycles. The van der Waals surface area contributed by atoms with Crippen LogP contribution in [0.2, 0.25) is 0 Å². The lowest BCUT2D eigenvalue weighted by Crippen LogP contribution is -2.61. The van der Waals surface area contributed by atoms with E-state index in [9.17, 15) is 9.18 Å². The van der Waals surface area contributed by atoms with Gasteiger partial charge in [0.15, 0.2) is 0 Å². The summed E-state index contributed by atoms with van der Waals surface area (Å²) in [7, 11) is 1.68. The molecule has 2 aliphatic rings. The first-order valence-corrected chi connectivity index (χ1v) is 11.8. The molecule has 0 spiro atoms. The van der Waals surface area contributed by atoms with Crippen LogP contribution < -0.4 is 19.9 Å². The second-order valence-corrected chi connectivity index (χ2v) is 9.20. The fraction of sp³-hybridized carbons (Fsp3) is 0.321. The molecule has 0 aliphatic carbocycles. The molecule has 2 unspecified atom stereocenters. The summed E-state index contributed by atoms with van der Waals surface area (Å²) in [5.74, 6) is 0.334. The quantitative estimate of drug-likeness (QED) is 0.617. The summed E-state index contributed by atoms with van der Waals surface area (Å²) in [6.07, 6.45) is 0.664. The van der Waals surface area contributed by atoms with Crippen molar-refractivity contribution in [1.82, 2.24) is 5.32 Å². The van der Waals surface area contributed by atoms with Crippen LogP contribution >= 0.6 is 0 Å². The van der Waals surface area contributed by atoms with Crippen molar-refractivity contribution in [3.63, 3.8) is 0 Å². The molecular weight excluding hydrogens is 429 g/mol. The number of piperazine rings is 1. The molecule has 1 N–H and O–H groups in total. The Morgan fingerprint density at radius 2 is 1.91 bits per heavy atom. The zero-order valence-corrected chi connectivity index (χ0v) is 19.6. The Bertz CT molecular complexity index is 1180. The normalized spacial score (nSPS) is 19.3. The Labute approximate surface area is 200 Å². The third kappa shape index (κ3) is 4.45. The van der Waals surface area contributed by atoms with Crippen LogP contribution in [0.1, 0.15) is 16.7 Å². The summed E-state index contributed by atoms with van der Waals surface area (Å²) in [6, 6.07) is 21.1. The van der Waals surface area contributed by atoms with E-state index < -0.39 is 0 Å². The van der Waals surface area contributed by atoms with Gasteiger partial charge in [0.05, 0.1) is 19.1 Å².